The number of rotatable bonds is 3. The molecule has 0 radical (unpaired) electrons. The lowest BCUT2D eigenvalue weighted by atomic mass is 10.1. The van der Waals surface area contributed by atoms with Gasteiger partial charge in [0.2, 0.25) is 0 Å². The van der Waals surface area contributed by atoms with Gasteiger partial charge in [-0.1, -0.05) is 24.3 Å². The summed E-state index contributed by atoms with van der Waals surface area (Å²) in [6.07, 6.45) is 0. The molecule has 0 fully saturated rings. The number of pyridine rings is 1. The summed E-state index contributed by atoms with van der Waals surface area (Å²) in [6, 6.07) is 13.9. The van der Waals surface area contributed by atoms with Crippen LogP contribution in [0, 0.1) is 0 Å². The summed E-state index contributed by atoms with van der Waals surface area (Å²) in [5.41, 5.74) is 0.737. The van der Waals surface area contributed by atoms with Gasteiger partial charge in [0.25, 0.3) is 11.8 Å². The van der Waals surface area contributed by atoms with Crippen LogP contribution in [0.2, 0.25) is 0 Å². The smallest absolute Gasteiger partial charge is 0.274 e. The Balaban J connectivity index is 2.14. The van der Waals surface area contributed by atoms with Crippen LogP contribution in [0.15, 0.2) is 48.5 Å². The van der Waals surface area contributed by atoms with Gasteiger partial charge in [0, 0.05) is 11.2 Å². The largest absolute Gasteiger partial charge is 0.346 e. The van der Waals surface area contributed by atoms with Gasteiger partial charge in [0.15, 0.2) is 0 Å². The van der Waals surface area contributed by atoms with Gasteiger partial charge in [0.1, 0.15) is 11.4 Å². The van der Waals surface area contributed by atoms with Crippen molar-refractivity contribution in [3.05, 3.63) is 59.9 Å². The van der Waals surface area contributed by atoms with E-state index in [1.165, 1.54) is 0 Å². The molecule has 0 aliphatic rings. The summed E-state index contributed by atoms with van der Waals surface area (Å²) >= 11 is 0. The van der Waals surface area contributed by atoms with Crippen LogP contribution in [-0.2, 0) is 0 Å². The molecule has 0 aliphatic heterocycles. The minimum atomic E-state index is -0.360. The molecule has 2 N–H and O–H groups in total. The van der Waals surface area contributed by atoms with Crippen molar-refractivity contribution in [1.82, 2.24) is 10.3 Å². The number of nitrogens with one attached hydrogen (secondary N) is 2. The van der Waals surface area contributed by atoms with E-state index < -0.39 is 0 Å². The number of anilines is 1. The minimum absolute atomic E-state index is 0.199. The highest BCUT2D eigenvalue weighted by Crippen LogP contribution is 2.09. The molecule has 0 atom stereocenters. The molecule has 0 spiro atoms. The molecule has 1 heterocycles. The monoisotopic (exact) mass is 297 g/mol. The first-order valence-electron chi connectivity index (χ1n) is 7.01. The molecule has 0 saturated carbocycles. The maximum Gasteiger partial charge on any atom is 0.274 e. The summed E-state index contributed by atoms with van der Waals surface area (Å²) in [6.45, 7) is 5.66. The Hall–Kier alpha value is -2.69. The molecular weight excluding hydrogens is 278 g/mol. The van der Waals surface area contributed by atoms with E-state index in [2.05, 4.69) is 15.6 Å². The molecular formula is C17H19N3O2. The highest BCUT2D eigenvalue weighted by atomic mass is 16.2. The van der Waals surface area contributed by atoms with Crippen molar-refractivity contribution in [2.24, 2.45) is 0 Å². The van der Waals surface area contributed by atoms with E-state index in [0.717, 1.165) is 0 Å². The molecule has 2 rings (SSSR count). The van der Waals surface area contributed by atoms with Crippen molar-refractivity contribution in [2.75, 3.05) is 5.32 Å². The summed E-state index contributed by atoms with van der Waals surface area (Å²) in [5.74, 6) is -0.654. The van der Waals surface area contributed by atoms with E-state index >= 15 is 0 Å². The van der Waals surface area contributed by atoms with E-state index in [4.69, 9.17) is 0 Å². The minimum Gasteiger partial charge on any atom is -0.346 e. The van der Waals surface area contributed by atoms with Gasteiger partial charge in [-0.2, -0.15) is 0 Å². The van der Waals surface area contributed by atoms with Gasteiger partial charge in [-0.25, -0.2) is 4.98 Å². The van der Waals surface area contributed by atoms with Gasteiger partial charge in [0.05, 0.1) is 0 Å². The fourth-order valence-electron chi connectivity index (χ4n) is 1.81. The van der Waals surface area contributed by atoms with E-state index in [-0.39, 0.29) is 28.7 Å². The van der Waals surface area contributed by atoms with Crippen LogP contribution < -0.4 is 10.6 Å². The number of benzene rings is 1. The number of amides is 2. The number of hydrogen-bond acceptors (Lipinski definition) is 3. The van der Waals surface area contributed by atoms with Gasteiger partial charge >= 0.3 is 0 Å². The van der Waals surface area contributed by atoms with Crippen LogP contribution in [0.25, 0.3) is 0 Å². The Labute approximate surface area is 129 Å². The van der Waals surface area contributed by atoms with E-state index in [9.17, 15) is 9.59 Å². The topological polar surface area (TPSA) is 71.1 Å². The quantitative estimate of drug-likeness (QED) is 0.915. The van der Waals surface area contributed by atoms with Crippen LogP contribution in [0.4, 0.5) is 5.69 Å². The lowest BCUT2D eigenvalue weighted by Crippen LogP contribution is -2.41. The molecule has 0 bridgehead atoms. The highest BCUT2D eigenvalue weighted by molar-refractivity contribution is 6.03. The normalized spacial score (nSPS) is 10.9. The fraction of sp³-hybridized carbons (Fsp3) is 0.235. The summed E-state index contributed by atoms with van der Waals surface area (Å²) in [4.78, 5) is 28.4. The van der Waals surface area contributed by atoms with E-state index in [1.54, 1.807) is 30.3 Å². The van der Waals surface area contributed by atoms with Crippen molar-refractivity contribution in [2.45, 2.75) is 26.3 Å². The molecule has 1 aromatic carbocycles. The number of nitrogens with zero attached hydrogens (tertiary/aromatic N) is 1. The van der Waals surface area contributed by atoms with Crippen molar-refractivity contribution >= 4 is 17.5 Å². The highest BCUT2D eigenvalue weighted by Gasteiger charge is 2.17. The Bertz CT molecular complexity index is 676. The second-order valence-corrected chi connectivity index (χ2v) is 5.93. The van der Waals surface area contributed by atoms with Crippen LogP contribution in [0.5, 0.6) is 0 Å². The number of hydrogen-bond donors (Lipinski definition) is 2. The second-order valence-electron chi connectivity index (χ2n) is 5.93. The maximum atomic E-state index is 12.2. The zero-order chi connectivity index (χ0) is 16.2. The molecule has 114 valence electrons. The first-order valence-corrected chi connectivity index (χ1v) is 7.01. The predicted octanol–water partition coefficient (Wildman–Crippen LogP) is 2.86. The average Bonchev–Trinajstić information content (AvgIpc) is 2.46. The molecule has 22 heavy (non-hydrogen) atoms. The first kappa shape index (κ1) is 15.7. The summed E-state index contributed by atoms with van der Waals surface area (Å²) in [7, 11) is 0. The van der Waals surface area contributed by atoms with Gasteiger partial charge in [-0.15, -0.1) is 0 Å². The van der Waals surface area contributed by atoms with Crippen LogP contribution in [-0.4, -0.2) is 22.3 Å². The number of carbonyl (C=O) groups is 2. The Morgan fingerprint density at radius 1 is 0.864 bits per heavy atom. The number of carbonyl (C=O) groups excluding carboxylic acids is 2. The Morgan fingerprint density at radius 2 is 1.45 bits per heavy atom. The summed E-state index contributed by atoms with van der Waals surface area (Å²) < 4.78 is 0. The van der Waals surface area contributed by atoms with Crippen molar-refractivity contribution in [1.29, 1.82) is 0 Å². The lowest BCUT2D eigenvalue weighted by Gasteiger charge is -2.20. The molecule has 5 nitrogen and oxygen atoms in total. The van der Waals surface area contributed by atoms with Gasteiger partial charge in [-0.3, -0.25) is 9.59 Å². The van der Waals surface area contributed by atoms with Crippen LogP contribution in [0.3, 0.4) is 0 Å². The Kier molecular flexibility index (Phi) is 4.56. The lowest BCUT2D eigenvalue weighted by molar-refractivity contribution is 0.0914. The van der Waals surface area contributed by atoms with Gasteiger partial charge < -0.3 is 10.6 Å². The second kappa shape index (κ2) is 6.39. The van der Waals surface area contributed by atoms with Crippen molar-refractivity contribution in [3.8, 4) is 0 Å². The molecule has 5 heteroatoms. The summed E-state index contributed by atoms with van der Waals surface area (Å²) in [5, 5.41) is 5.56. The third-order valence-electron chi connectivity index (χ3n) is 2.73. The van der Waals surface area contributed by atoms with Crippen molar-refractivity contribution in [3.63, 3.8) is 0 Å². The third kappa shape index (κ3) is 4.41. The molecule has 0 unspecified atom stereocenters. The number of aromatic nitrogens is 1. The van der Waals surface area contributed by atoms with Gasteiger partial charge in [-0.05, 0) is 45.0 Å². The molecule has 2 aromatic rings. The fourth-order valence-corrected chi connectivity index (χ4v) is 1.81. The van der Waals surface area contributed by atoms with E-state index in [1.807, 2.05) is 39.0 Å². The SMILES string of the molecule is CC(C)(C)NC(=O)c1cccc(C(=O)Nc2ccccc2)n1. The molecule has 0 aliphatic carbocycles. The molecule has 2 amide bonds. The van der Waals surface area contributed by atoms with E-state index in [0.29, 0.717) is 5.69 Å². The van der Waals surface area contributed by atoms with Crippen LogP contribution in [0.1, 0.15) is 41.7 Å². The van der Waals surface area contributed by atoms with Crippen LogP contribution >= 0.6 is 0 Å². The maximum absolute atomic E-state index is 12.2. The molecule has 0 saturated heterocycles. The zero-order valence-corrected chi connectivity index (χ0v) is 12.9. The third-order valence-corrected chi connectivity index (χ3v) is 2.73. The average molecular weight is 297 g/mol. The zero-order valence-electron chi connectivity index (χ0n) is 12.9. The first-order chi connectivity index (χ1) is 10.3. The predicted molar refractivity (Wildman–Crippen MR) is 85.9 cm³/mol. The standard InChI is InChI=1S/C17H19N3O2/c1-17(2,3)20-16(22)14-11-7-10-13(19-14)15(21)18-12-8-5-4-6-9-12/h4-11H,1-3H3,(H,18,21)(H,20,22). The van der Waals surface area contributed by atoms with Crippen molar-refractivity contribution < 1.29 is 9.59 Å². The molecule has 1 aromatic heterocycles. The Morgan fingerprint density at radius 3 is 2.05 bits per heavy atom. The number of para-hydroxylation sites is 1.